The Morgan fingerprint density at radius 2 is 1.66 bits per heavy atom. The summed E-state index contributed by atoms with van der Waals surface area (Å²) in [5, 5.41) is 7.92. The molecule has 1 aliphatic heterocycles. The molecule has 1 aromatic heterocycles. The Morgan fingerprint density at radius 3 is 2.32 bits per heavy atom. The number of carbonyl (C=O) groups is 2. The number of aryl methyl sites for hydroxylation is 1. The second-order valence-electron chi connectivity index (χ2n) is 12.3. The molecule has 0 bridgehead atoms. The van der Waals surface area contributed by atoms with E-state index >= 15 is 0 Å². The average molecular weight is 602 g/mol. The van der Waals surface area contributed by atoms with Gasteiger partial charge in [-0.15, -0.1) is 0 Å². The van der Waals surface area contributed by atoms with E-state index in [0.717, 1.165) is 48.5 Å². The molecule has 3 aromatic rings. The molecule has 0 spiro atoms. The van der Waals surface area contributed by atoms with E-state index in [1.807, 2.05) is 54.6 Å². The molecule has 4 rings (SSSR count). The third-order valence-electron chi connectivity index (χ3n) is 7.36. The second kappa shape index (κ2) is 16.7. The third kappa shape index (κ3) is 10.6. The molecule has 0 radical (unpaired) electrons. The number of amides is 1. The Bertz CT molecular complexity index is 1460. The second-order valence-corrected chi connectivity index (χ2v) is 12.3. The first kappa shape index (κ1) is 34.5. The minimum Gasteiger partial charge on any atom is -0.459 e. The fraction of sp³-hybridized carbons (Fsp3) is 0.459. The van der Waals surface area contributed by atoms with Gasteiger partial charge in [-0.25, -0.2) is 9.59 Å². The maximum Gasteiger partial charge on any atom is 0.410 e. The highest BCUT2D eigenvalue weighted by atomic mass is 16.6. The number of rotatable bonds is 10. The topological polar surface area (TPSA) is 89.2 Å². The summed E-state index contributed by atoms with van der Waals surface area (Å²) in [5.41, 5.74) is 4.47. The van der Waals surface area contributed by atoms with Crippen molar-refractivity contribution in [2.75, 3.05) is 20.8 Å². The summed E-state index contributed by atoms with van der Waals surface area (Å²) in [6.07, 6.45) is 4.69. The number of benzene rings is 2. The van der Waals surface area contributed by atoms with Crippen molar-refractivity contribution in [2.24, 2.45) is 17.8 Å². The van der Waals surface area contributed by atoms with Crippen LogP contribution in [0.5, 0.6) is 0 Å². The number of hydrogen-bond acceptors (Lipinski definition) is 6. The van der Waals surface area contributed by atoms with Crippen LogP contribution >= 0.6 is 0 Å². The normalized spacial score (nSPS) is 15.3. The van der Waals surface area contributed by atoms with Gasteiger partial charge in [0.1, 0.15) is 24.1 Å². The van der Waals surface area contributed by atoms with Crippen molar-refractivity contribution in [3.05, 3.63) is 82.6 Å². The van der Waals surface area contributed by atoms with E-state index in [9.17, 15) is 9.59 Å². The number of nitrogens with zero attached hydrogens (tertiary/aromatic N) is 1. The molecule has 1 fully saturated rings. The van der Waals surface area contributed by atoms with Gasteiger partial charge in [0.25, 0.3) is 0 Å². The van der Waals surface area contributed by atoms with Crippen molar-refractivity contribution in [1.82, 2.24) is 4.90 Å². The van der Waals surface area contributed by atoms with E-state index in [-0.39, 0.29) is 19.1 Å². The van der Waals surface area contributed by atoms with E-state index in [2.05, 4.69) is 46.5 Å². The minimum absolute atomic E-state index is 0.0246. The Kier molecular flexibility index (Phi) is 13.1. The fourth-order valence-corrected chi connectivity index (χ4v) is 5.40. The zero-order valence-corrected chi connectivity index (χ0v) is 27.2. The summed E-state index contributed by atoms with van der Waals surface area (Å²) >= 11 is 0. The van der Waals surface area contributed by atoms with Crippen molar-refractivity contribution in [3.63, 3.8) is 0 Å². The van der Waals surface area contributed by atoms with Crippen LogP contribution in [-0.4, -0.2) is 48.9 Å². The lowest BCUT2D eigenvalue weighted by atomic mass is 9.86. The van der Waals surface area contributed by atoms with Crippen LogP contribution in [-0.2, 0) is 20.8 Å². The van der Waals surface area contributed by atoms with Gasteiger partial charge in [-0.3, -0.25) is 0 Å². The molecule has 1 saturated heterocycles. The van der Waals surface area contributed by atoms with Crippen molar-refractivity contribution < 1.29 is 28.6 Å². The fourth-order valence-electron chi connectivity index (χ4n) is 5.40. The van der Waals surface area contributed by atoms with Gasteiger partial charge in [0, 0.05) is 42.7 Å². The van der Waals surface area contributed by atoms with E-state index in [1.165, 1.54) is 10.5 Å². The molecular formula is C37H47NO6. The van der Waals surface area contributed by atoms with E-state index in [4.69, 9.17) is 19.0 Å². The zero-order valence-electron chi connectivity index (χ0n) is 27.2. The first-order valence-electron chi connectivity index (χ1n) is 15.4. The molecule has 44 heavy (non-hydrogen) atoms. The van der Waals surface area contributed by atoms with Crippen LogP contribution in [0.1, 0.15) is 75.8 Å². The number of ether oxygens (including phenoxy) is 2. The van der Waals surface area contributed by atoms with Gasteiger partial charge in [0.2, 0.25) is 0 Å². The summed E-state index contributed by atoms with van der Waals surface area (Å²) in [5.74, 6) is 8.51. The Balaban J connectivity index is 0.00000259. The van der Waals surface area contributed by atoms with Crippen LogP contribution < -0.4 is 0 Å². The molecule has 1 unspecified atom stereocenters. The SMILES string of the molecule is CO.Cc1ccc(C#Cc2ccc3oc(CN(C)C(=O)OCC4C/C(=C\CC(CC(C)C)CC(C)C)C(=O)O4)cc3c2)cc1. The van der Waals surface area contributed by atoms with E-state index in [1.54, 1.807) is 7.05 Å². The molecule has 2 aromatic carbocycles. The van der Waals surface area contributed by atoms with Crippen LogP contribution in [0, 0.1) is 36.5 Å². The quantitative estimate of drug-likeness (QED) is 0.146. The first-order valence-corrected chi connectivity index (χ1v) is 15.4. The lowest BCUT2D eigenvalue weighted by molar-refractivity contribution is -0.140. The van der Waals surface area contributed by atoms with Gasteiger partial charge in [-0.05, 0) is 80.3 Å². The van der Waals surface area contributed by atoms with Crippen LogP contribution in [0.4, 0.5) is 4.79 Å². The lowest BCUT2D eigenvalue weighted by Crippen LogP contribution is -2.29. The van der Waals surface area contributed by atoms with Crippen molar-refractivity contribution >= 4 is 23.0 Å². The van der Waals surface area contributed by atoms with Crippen LogP contribution in [0.3, 0.4) is 0 Å². The van der Waals surface area contributed by atoms with E-state index < -0.39 is 12.2 Å². The van der Waals surface area contributed by atoms with Crippen molar-refractivity contribution in [3.8, 4) is 11.8 Å². The van der Waals surface area contributed by atoms with E-state index in [0.29, 0.717) is 35.5 Å². The standard InChI is InChI=1S/C36H43NO5.CH4O/c1-24(2)17-29(18-25(3)4)13-15-30-20-33(42-35(30)38)23-40-36(39)37(6)22-32-21-31-19-28(14-16-34(31)41-32)12-11-27-9-7-26(5)8-10-27;1-2/h7-10,14-16,19,21,24-25,29,33H,13,17-18,20,22-23H2,1-6H3;2H,1H3/b30-15+;. The maximum atomic E-state index is 12.7. The number of aliphatic hydroxyl groups is 1. The number of cyclic esters (lactones) is 1. The molecule has 0 aliphatic carbocycles. The molecule has 236 valence electrons. The summed E-state index contributed by atoms with van der Waals surface area (Å²) in [6, 6.07) is 15.8. The maximum absolute atomic E-state index is 12.7. The number of fused-ring (bicyclic) bond motifs is 1. The van der Waals surface area contributed by atoms with Crippen LogP contribution in [0.15, 0.2) is 64.6 Å². The summed E-state index contributed by atoms with van der Waals surface area (Å²) in [7, 11) is 2.66. The summed E-state index contributed by atoms with van der Waals surface area (Å²) in [4.78, 5) is 26.6. The number of aliphatic hydroxyl groups excluding tert-OH is 1. The highest BCUT2D eigenvalue weighted by Gasteiger charge is 2.30. The number of esters is 1. The van der Waals surface area contributed by atoms with Gasteiger partial charge < -0.3 is 23.9 Å². The molecule has 7 heteroatoms. The zero-order chi connectivity index (χ0) is 32.2. The Labute approximate surface area is 262 Å². The number of allylic oxidation sites excluding steroid dienone is 1. The Hall–Kier alpha value is -4.02. The molecule has 1 amide bonds. The molecule has 1 N–H and O–H groups in total. The van der Waals surface area contributed by atoms with Crippen molar-refractivity contribution in [1.29, 1.82) is 0 Å². The van der Waals surface area contributed by atoms with Gasteiger partial charge in [0.05, 0.1) is 6.54 Å². The van der Waals surface area contributed by atoms with Crippen LogP contribution in [0.25, 0.3) is 11.0 Å². The summed E-state index contributed by atoms with van der Waals surface area (Å²) < 4.78 is 16.9. The average Bonchev–Trinajstić information content (AvgIpc) is 3.56. The largest absolute Gasteiger partial charge is 0.459 e. The molecular weight excluding hydrogens is 554 g/mol. The lowest BCUT2D eigenvalue weighted by Gasteiger charge is -2.19. The third-order valence-corrected chi connectivity index (χ3v) is 7.36. The van der Waals surface area contributed by atoms with Gasteiger partial charge >= 0.3 is 12.1 Å². The summed E-state index contributed by atoms with van der Waals surface area (Å²) in [6.45, 7) is 11.3. The van der Waals surface area contributed by atoms with Gasteiger partial charge in [-0.1, -0.05) is 63.3 Å². The molecule has 2 heterocycles. The molecule has 1 atom stereocenters. The smallest absolute Gasteiger partial charge is 0.410 e. The highest BCUT2D eigenvalue weighted by Crippen LogP contribution is 2.28. The predicted molar refractivity (Wildman–Crippen MR) is 174 cm³/mol. The van der Waals surface area contributed by atoms with Gasteiger partial charge in [-0.2, -0.15) is 0 Å². The number of furan rings is 1. The minimum atomic E-state index is -0.498. The highest BCUT2D eigenvalue weighted by molar-refractivity contribution is 5.90. The molecule has 0 saturated carbocycles. The van der Waals surface area contributed by atoms with Crippen molar-refractivity contribution in [2.45, 2.75) is 73.0 Å². The Morgan fingerprint density at radius 1 is 1.02 bits per heavy atom. The number of carbonyl (C=O) groups excluding carboxylic acids is 2. The number of hydrogen-bond donors (Lipinski definition) is 1. The monoisotopic (exact) mass is 601 g/mol. The molecule has 7 nitrogen and oxygen atoms in total. The first-order chi connectivity index (χ1) is 21.0. The van der Waals surface area contributed by atoms with Crippen LogP contribution in [0.2, 0.25) is 0 Å². The van der Waals surface area contributed by atoms with Gasteiger partial charge in [0.15, 0.2) is 0 Å². The predicted octanol–water partition coefficient (Wildman–Crippen LogP) is 7.66. The molecule has 1 aliphatic rings.